The molecule has 0 spiro atoms. The molecule has 2 aromatic carbocycles. The van der Waals surface area contributed by atoms with Crippen LogP contribution in [0.3, 0.4) is 0 Å². The molecule has 0 amide bonds. The molecule has 0 atom stereocenters. The molecule has 1 saturated carbocycles. The second kappa shape index (κ2) is 7.56. The fourth-order valence-corrected chi connectivity index (χ4v) is 4.38. The highest BCUT2D eigenvalue weighted by atomic mass is 19.1. The molecule has 0 unspecified atom stereocenters. The predicted molar refractivity (Wildman–Crippen MR) is 121 cm³/mol. The first-order valence-electron chi connectivity index (χ1n) is 10.7. The molecule has 0 radical (unpaired) electrons. The van der Waals surface area contributed by atoms with Crippen molar-refractivity contribution in [2.24, 2.45) is 5.41 Å². The summed E-state index contributed by atoms with van der Waals surface area (Å²) in [4.78, 5) is 6.38. The Morgan fingerprint density at radius 2 is 2.00 bits per heavy atom. The van der Waals surface area contributed by atoms with Crippen molar-refractivity contribution in [1.82, 2.24) is 9.55 Å². The number of fused-ring (bicyclic) bond motifs is 2. The van der Waals surface area contributed by atoms with Gasteiger partial charge in [0, 0.05) is 17.8 Å². The van der Waals surface area contributed by atoms with Gasteiger partial charge in [0.15, 0.2) is 0 Å². The number of rotatable bonds is 2. The number of aromatic nitrogens is 2. The molecule has 7 heteroatoms. The summed E-state index contributed by atoms with van der Waals surface area (Å²) in [5.74, 6) is 6.36. The maximum Gasteiger partial charge on any atom is 0.230 e. The second-order valence-electron chi connectivity index (χ2n) is 8.54. The van der Waals surface area contributed by atoms with E-state index < -0.39 is 17.9 Å². The molecular weight excluding hydrogens is 408 g/mol. The van der Waals surface area contributed by atoms with Gasteiger partial charge in [-0.05, 0) is 62.4 Å². The summed E-state index contributed by atoms with van der Waals surface area (Å²) in [6, 6.07) is 10.5. The fourth-order valence-electron chi connectivity index (χ4n) is 4.38. The summed E-state index contributed by atoms with van der Waals surface area (Å²) < 4.78 is 29.7. The smallest absolute Gasteiger partial charge is 0.230 e. The minimum absolute atomic E-state index is 0.100. The largest absolute Gasteiger partial charge is 0.325 e. The molecule has 5 nitrogen and oxygen atoms in total. The molecule has 2 N–H and O–H groups in total. The first-order valence-corrected chi connectivity index (χ1v) is 10.7. The highest BCUT2D eigenvalue weighted by molar-refractivity contribution is 5.98. The van der Waals surface area contributed by atoms with E-state index in [1.54, 1.807) is 19.1 Å². The lowest BCUT2D eigenvalue weighted by Crippen LogP contribution is -2.33. The van der Waals surface area contributed by atoms with Gasteiger partial charge in [-0.2, -0.15) is 4.98 Å². The third kappa shape index (κ3) is 3.27. The molecule has 2 aliphatic rings. The highest BCUT2D eigenvalue weighted by Gasteiger charge is 2.41. The number of nitrogens with zero attached hydrogens (tertiary/aromatic N) is 3. The maximum absolute atomic E-state index is 15.1. The van der Waals surface area contributed by atoms with Gasteiger partial charge < -0.3 is 4.90 Å². The van der Waals surface area contributed by atoms with E-state index in [0.29, 0.717) is 17.9 Å². The summed E-state index contributed by atoms with van der Waals surface area (Å²) >= 11 is 0. The molecular formula is C25H23F2N5. The minimum Gasteiger partial charge on any atom is -0.325 e. The van der Waals surface area contributed by atoms with Crippen molar-refractivity contribution in [3.63, 3.8) is 0 Å². The van der Waals surface area contributed by atoms with Crippen molar-refractivity contribution in [2.45, 2.75) is 32.6 Å². The van der Waals surface area contributed by atoms with Gasteiger partial charge in [0.25, 0.3) is 0 Å². The highest BCUT2D eigenvalue weighted by Crippen LogP contribution is 2.45. The van der Waals surface area contributed by atoms with E-state index in [2.05, 4.69) is 16.8 Å². The molecule has 162 valence electrons. The maximum atomic E-state index is 15.1. The number of hydrogen-bond acceptors (Lipinski definition) is 4. The van der Waals surface area contributed by atoms with Crippen molar-refractivity contribution >= 4 is 28.2 Å². The molecule has 5 rings (SSSR count). The first-order chi connectivity index (χ1) is 15.4. The Hall–Kier alpha value is -3.53. The number of hydrogen-bond donors (Lipinski definition) is 2. The normalized spacial score (nSPS) is 16.3. The van der Waals surface area contributed by atoms with Crippen LogP contribution in [0.1, 0.15) is 37.3 Å². The van der Waals surface area contributed by atoms with Gasteiger partial charge in [0.1, 0.15) is 24.1 Å². The Labute approximate surface area is 184 Å². The standard InChI is InChI=1S/C25H23F2N5/c1-16(28)32-21-9-3-7-19(27)22(21)23(30-24(32)29)31-14-4-6-18-17(5-2-8-20(18)31)10-11-25(15-26)12-13-25/h2-3,5,7-9,28-29H,4,6,12-15H2,1H3. The van der Waals surface area contributed by atoms with Crippen LogP contribution in [0, 0.1) is 33.9 Å². The van der Waals surface area contributed by atoms with Crippen molar-refractivity contribution < 1.29 is 8.78 Å². The summed E-state index contributed by atoms with van der Waals surface area (Å²) in [6.07, 6.45) is 3.24. The molecule has 32 heavy (non-hydrogen) atoms. The Morgan fingerprint density at radius 3 is 2.72 bits per heavy atom. The van der Waals surface area contributed by atoms with Gasteiger partial charge in [-0.15, -0.1) is 0 Å². The zero-order valence-corrected chi connectivity index (χ0v) is 17.8. The third-order valence-electron chi connectivity index (χ3n) is 6.29. The van der Waals surface area contributed by atoms with Crippen LogP contribution in [0.2, 0.25) is 0 Å². The fraction of sp³-hybridized carbons (Fsp3) is 0.320. The Kier molecular flexibility index (Phi) is 4.81. The molecule has 3 aromatic rings. The van der Waals surface area contributed by atoms with Gasteiger partial charge in [0.05, 0.1) is 16.3 Å². The van der Waals surface area contributed by atoms with Gasteiger partial charge in [-0.3, -0.25) is 15.4 Å². The lowest BCUT2D eigenvalue weighted by atomic mass is 9.95. The molecule has 1 aliphatic carbocycles. The topological polar surface area (TPSA) is 68.8 Å². The van der Waals surface area contributed by atoms with Crippen molar-refractivity contribution in [1.29, 1.82) is 10.8 Å². The van der Waals surface area contributed by atoms with Gasteiger partial charge in [0.2, 0.25) is 5.62 Å². The number of benzene rings is 2. The SMILES string of the molecule is CC(=N)n1c(=N)nc(N2CCCc3c(C#CC4(CF)CC4)cccc32)c2c(F)cccc21. The predicted octanol–water partition coefficient (Wildman–Crippen LogP) is 4.69. The van der Waals surface area contributed by atoms with Crippen LogP contribution in [-0.2, 0) is 6.42 Å². The average Bonchev–Trinajstić information content (AvgIpc) is 3.57. The van der Waals surface area contributed by atoms with Crippen LogP contribution >= 0.6 is 0 Å². The monoisotopic (exact) mass is 431 g/mol. The van der Waals surface area contributed by atoms with Gasteiger partial charge >= 0.3 is 0 Å². The minimum atomic E-state index is -0.476. The molecule has 1 fully saturated rings. The van der Waals surface area contributed by atoms with Gasteiger partial charge in [-0.25, -0.2) is 8.78 Å². The number of alkyl halides is 1. The summed E-state index contributed by atoms with van der Waals surface area (Å²) in [5.41, 5.74) is 2.63. The van der Waals surface area contributed by atoms with Crippen LogP contribution in [0.25, 0.3) is 10.9 Å². The quantitative estimate of drug-likeness (QED) is 0.351. The zero-order chi connectivity index (χ0) is 22.5. The average molecular weight is 431 g/mol. The second-order valence-corrected chi connectivity index (χ2v) is 8.54. The lowest BCUT2D eigenvalue weighted by Gasteiger charge is -2.32. The molecule has 2 heterocycles. The summed E-state index contributed by atoms with van der Waals surface area (Å²) in [7, 11) is 0. The van der Waals surface area contributed by atoms with E-state index in [-0.39, 0.29) is 16.8 Å². The molecule has 0 saturated heterocycles. The van der Waals surface area contributed by atoms with Gasteiger partial charge in [-0.1, -0.05) is 24.0 Å². The van der Waals surface area contributed by atoms with E-state index in [1.165, 1.54) is 10.6 Å². The summed E-state index contributed by atoms with van der Waals surface area (Å²) in [5, 5.41) is 16.7. The molecule has 0 bridgehead atoms. The Bertz CT molecular complexity index is 1370. The van der Waals surface area contributed by atoms with E-state index in [4.69, 9.17) is 10.8 Å². The number of anilines is 2. The van der Waals surface area contributed by atoms with Crippen molar-refractivity contribution in [2.75, 3.05) is 18.1 Å². The summed E-state index contributed by atoms with van der Waals surface area (Å²) in [6.45, 7) is 1.76. The number of nitrogens with one attached hydrogen (secondary N) is 2. The van der Waals surface area contributed by atoms with Crippen LogP contribution in [0.15, 0.2) is 36.4 Å². The van der Waals surface area contributed by atoms with E-state index in [9.17, 15) is 4.39 Å². The number of halogens is 2. The van der Waals surface area contributed by atoms with Crippen LogP contribution in [0.4, 0.5) is 20.3 Å². The zero-order valence-electron chi connectivity index (χ0n) is 17.8. The van der Waals surface area contributed by atoms with Crippen LogP contribution in [0.5, 0.6) is 0 Å². The molecule has 1 aromatic heterocycles. The van der Waals surface area contributed by atoms with Crippen molar-refractivity contribution in [3.8, 4) is 11.8 Å². The van der Waals surface area contributed by atoms with E-state index >= 15 is 4.39 Å². The Morgan fingerprint density at radius 1 is 1.22 bits per heavy atom. The van der Waals surface area contributed by atoms with Crippen LogP contribution in [-0.4, -0.2) is 28.6 Å². The van der Waals surface area contributed by atoms with Crippen molar-refractivity contribution in [3.05, 3.63) is 59.0 Å². The van der Waals surface area contributed by atoms with E-state index in [1.807, 2.05) is 23.1 Å². The third-order valence-corrected chi connectivity index (χ3v) is 6.29. The molecule has 1 aliphatic heterocycles. The van der Waals surface area contributed by atoms with E-state index in [0.717, 1.165) is 42.5 Å². The first kappa shape index (κ1) is 20.4. The van der Waals surface area contributed by atoms with Crippen LogP contribution < -0.4 is 10.5 Å². The lowest BCUT2D eigenvalue weighted by molar-refractivity contribution is 0.407. The Balaban J connectivity index is 1.69.